The number of thioether (sulfide) groups is 1. The average Bonchev–Trinajstić information content (AvgIpc) is 3.38. The fourth-order valence-electron chi connectivity index (χ4n) is 4.58. The first-order valence-corrected chi connectivity index (χ1v) is 12.5. The molecule has 0 saturated heterocycles. The van der Waals surface area contributed by atoms with Gasteiger partial charge in [-0.05, 0) is 28.2 Å². The molecule has 0 aliphatic carbocycles. The lowest BCUT2D eigenvalue weighted by atomic mass is 9.77. The minimum Gasteiger partial charge on any atom is -0.401 e. The van der Waals surface area contributed by atoms with Crippen LogP contribution in [0.15, 0.2) is 127 Å². The van der Waals surface area contributed by atoms with Crippen LogP contribution in [0.5, 0.6) is 0 Å². The van der Waals surface area contributed by atoms with Crippen LogP contribution in [-0.2, 0) is 5.54 Å². The molecule has 3 aromatic carbocycles. The topological polar surface area (TPSA) is 82.8 Å². The van der Waals surface area contributed by atoms with Gasteiger partial charge >= 0.3 is 0 Å². The zero-order valence-electron chi connectivity index (χ0n) is 19.8. The highest BCUT2D eigenvalue weighted by Gasteiger charge is 2.40. The minimum absolute atomic E-state index is 0.303. The van der Waals surface area contributed by atoms with Crippen molar-refractivity contribution in [2.24, 2.45) is 11.5 Å². The molecule has 0 spiro atoms. The Bertz CT molecular complexity index is 1410. The van der Waals surface area contributed by atoms with Gasteiger partial charge in [0.2, 0.25) is 0 Å². The van der Waals surface area contributed by atoms with Crippen LogP contribution in [0.1, 0.15) is 22.3 Å². The lowest BCUT2D eigenvalue weighted by molar-refractivity contribution is 0.472. The molecule has 0 unspecified atom stereocenters. The summed E-state index contributed by atoms with van der Waals surface area (Å²) in [6.45, 7) is 4.59. The molecule has 0 aliphatic rings. The maximum Gasteiger partial charge on any atom is 0.159 e. The summed E-state index contributed by atoms with van der Waals surface area (Å²) in [5.41, 5.74) is 16.4. The van der Waals surface area contributed by atoms with E-state index < -0.39 is 5.54 Å². The Morgan fingerprint density at radius 1 is 0.861 bits per heavy atom. The van der Waals surface area contributed by atoms with Crippen molar-refractivity contribution < 1.29 is 0 Å². The van der Waals surface area contributed by atoms with E-state index in [9.17, 15) is 0 Å². The predicted octanol–water partition coefficient (Wildman–Crippen LogP) is 5.73. The first-order chi connectivity index (χ1) is 17.7. The summed E-state index contributed by atoms with van der Waals surface area (Å²) >= 11 is 1.46. The number of nitrogens with two attached hydrogens (primary N) is 2. The van der Waals surface area contributed by atoms with Crippen LogP contribution in [0.2, 0.25) is 0 Å². The molecule has 5 aromatic rings. The van der Waals surface area contributed by atoms with Crippen LogP contribution < -0.4 is 11.5 Å². The van der Waals surface area contributed by atoms with E-state index in [2.05, 4.69) is 79.4 Å². The number of rotatable bonds is 8. The molecule has 0 aliphatic heterocycles. The van der Waals surface area contributed by atoms with Crippen molar-refractivity contribution in [3.8, 4) is 0 Å². The summed E-state index contributed by atoms with van der Waals surface area (Å²) in [6.07, 6.45) is 3.69. The van der Waals surface area contributed by atoms with Crippen molar-refractivity contribution >= 4 is 27.7 Å². The number of fused-ring (bicyclic) bond motifs is 1. The smallest absolute Gasteiger partial charge is 0.159 e. The van der Waals surface area contributed by atoms with Crippen molar-refractivity contribution in [3.05, 3.63) is 149 Å². The van der Waals surface area contributed by atoms with Crippen molar-refractivity contribution in [1.29, 1.82) is 0 Å². The fraction of sp³-hybridized carbons (Fsp3) is 0.0667. The van der Waals surface area contributed by atoms with Crippen molar-refractivity contribution in [2.45, 2.75) is 5.54 Å². The molecular weight excluding hydrogens is 462 g/mol. The van der Waals surface area contributed by atoms with E-state index in [-0.39, 0.29) is 0 Å². The molecule has 0 fully saturated rings. The lowest BCUT2D eigenvalue weighted by Crippen LogP contribution is -2.38. The van der Waals surface area contributed by atoms with E-state index in [0.717, 1.165) is 38.2 Å². The average molecular weight is 490 g/mol. The monoisotopic (exact) mass is 489 g/mol. The van der Waals surface area contributed by atoms with Gasteiger partial charge in [0.25, 0.3) is 0 Å². The standard InChI is InChI=1S/C30H27N5S/c1-22(36-21-26(32)19-31)27-17-18-33-29-28(27)20-34-35(29)30(23-11-5-2-6-12-23,24-13-7-3-8-14-24)25-15-9-4-10-16-25/h2-18,20-21H,1,19,31-32H2/b26-21-. The summed E-state index contributed by atoms with van der Waals surface area (Å²) in [5, 5.41) is 7.75. The van der Waals surface area contributed by atoms with Gasteiger partial charge in [0.05, 0.1) is 6.20 Å². The van der Waals surface area contributed by atoms with E-state index in [1.54, 1.807) is 0 Å². The van der Waals surface area contributed by atoms with Gasteiger partial charge in [0, 0.05) is 34.3 Å². The lowest BCUT2D eigenvalue weighted by Gasteiger charge is -2.36. The Morgan fingerprint density at radius 2 is 1.39 bits per heavy atom. The van der Waals surface area contributed by atoms with Gasteiger partial charge in [0.15, 0.2) is 5.65 Å². The molecule has 5 rings (SSSR count). The van der Waals surface area contributed by atoms with Crippen LogP contribution in [-0.4, -0.2) is 21.3 Å². The maximum atomic E-state index is 5.91. The van der Waals surface area contributed by atoms with Gasteiger partial charge in [-0.15, -0.1) is 0 Å². The Labute approximate surface area is 215 Å². The van der Waals surface area contributed by atoms with Crippen molar-refractivity contribution in [2.75, 3.05) is 6.54 Å². The summed E-state index contributed by atoms with van der Waals surface area (Å²) in [4.78, 5) is 5.68. The number of nitrogens with zero attached hydrogens (tertiary/aromatic N) is 3. The van der Waals surface area contributed by atoms with Crippen LogP contribution >= 0.6 is 11.8 Å². The third-order valence-corrected chi connectivity index (χ3v) is 7.18. The van der Waals surface area contributed by atoms with Crippen molar-refractivity contribution in [1.82, 2.24) is 14.8 Å². The molecule has 0 radical (unpaired) electrons. The molecule has 0 bridgehead atoms. The molecular formula is C30H27N5S. The Balaban J connectivity index is 1.80. The second-order valence-electron chi connectivity index (χ2n) is 8.40. The van der Waals surface area contributed by atoms with E-state index in [1.807, 2.05) is 46.7 Å². The number of hydrogen-bond acceptors (Lipinski definition) is 5. The molecule has 0 atom stereocenters. The van der Waals surface area contributed by atoms with E-state index >= 15 is 0 Å². The molecule has 2 aromatic heterocycles. The summed E-state index contributed by atoms with van der Waals surface area (Å²) in [7, 11) is 0. The zero-order valence-corrected chi connectivity index (χ0v) is 20.6. The fourth-order valence-corrected chi connectivity index (χ4v) is 5.28. The quantitative estimate of drug-likeness (QED) is 0.272. The number of pyridine rings is 1. The summed E-state index contributed by atoms with van der Waals surface area (Å²) < 4.78 is 2.04. The molecule has 0 saturated carbocycles. The number of aromatic nitrogens is 3. The third-order valence-electron chi connectivity index (χ3n) is 6.25. The first-order valence-electron chi connectivity index (χ1n) is 11.7. The van der Waals surface area contributed by atoms with Crippen LogP contribution in [0.25, 0.3) is 15.9 Å². The van der Waals surface area contributed by atoms with Gasteiger partial charge in [-0.25, -0.2) is 9.67 Å². The molecule has 5 nitrogen and oxygen atoms in total. The van der Waals surface area contributed by atoms with Gasteiger partial charge in [0.1, 0.15) is 5.54 Å². The second-order valence-corrected chi connectivity index (χ2v) is 9.36. The van der Waals surface area contributed by atoms with Gasteiger partial charge in [-0.3, -0.25) is 0 Å². The molecule has 178 valence electrons. The highest BCUT2D eigenvalue weighted by molar-refractivity contribution is 8.10. The third kappa shape index (κ3) is 4.11. The van der Waals surface area contributed by atoms with Crippen molar-refractivity contribution in [3.63, 3.8) is 0 Å². The molecule has 36 heavy (non-hydrogen) atoms. The predicted molar refractivity (Wildman–Crippen MR) is 150 cm³/mol. The van der Waals surface area contributed by atoms with E-state index in [0.29, 0.717) is 12.2 Å². The Kier molecular flexibility index (Phi) is 6.71. The van der Waals surface area contributed by atoms with Gasteiger partial charge in [-0.1, -0.05) is 109 Å². The first kappa shape index (κ1) is 23.6. The second kappa shape index (κ2) is 10.2. The number of benzene rings is 3. The van der Waals surface area contributed by atoms with Crippen LogP contribution in [0.4, 0.5) is 0 Å². The molecule has 4 N–H and O–H groups in total. The summed E-state index contributed by atoms with van der Waals surface area (Å²) in [6, 6.07) is 33.3. The maximum absolute atomic E-state index is 5.91. The van der Waals surface area contributed by atoms with Gasteiger partial charge in [-0.2, -0.15) is 5.10 Å². The normalized spacial score (nSPS) is 12.1. The van der Waals surface area contributed by atoms with E-state index in [1.165, 1.54) is 11.8 Å². The largest absolute Gasteiger partial charge is 0.401 e. The number of hydrogen-bond donors (Lipinski definition) is 2. The zero-order chi connectivity index (χ0) is 25.0. The SMILES string of the molecule is C=C(S/C=C(\N)CN)c1ccnc2c1cnn2C(c1ccccc1)(c1ccccc1)c1ccccc1. The minimum atomic E-state index is -0.741. The van der Waals surface area contributed by atoms with Crippen LogP contribution in [0.3, 0.4) is 0 Å². The highest BCUT2D eigenvalue weighted by Crippen LogP contribution is 2.42. The molecule has 0 amide bonds. The highest BCUT2D eigenvalue weighted by atomic mass is 32.2. The van der Waals surface area contributed by atoms with Gasteiger partial charge < -0.3 is 11.5 Å². The van der Waals surface area contributed by atoms with E-state index in [4.69, 9.17) is 21.5 Å². The molecule has 6 heteroatoms. The Hall–Kier alpha value is -4.13. The summed E-state index contributed by atoms with van der Waals surface area (Å²) in [5.74, 6) is 0. The molecule has 2 heterocycles. The Morgan fingerprint density at radius 3 is 1.89 bits per heavy atom. The van der Waals surface area contributed by atoms with Crippen LogP contribution in [0, 0.1) is 0 Å².